The van der Waals surface area contributed by atoms with Gasteiger partial charge in [0, 0.05) is 13.0 Å². The fraction of sp³-hybridized carbons (Fsp3) is 0.400. The van der Waals surface area contributed by atoms with Gasteiger partial charge in [0.1, 0.15) is 6.04 Å². The van der Waals surface area contributed by atoms with Gasteiger partial charge in [-0.25, -0.2) is 0 Å². The molecule has 0 bridgehead atoms. The van der Waals surface area contributed by atoms with Crippen LogP contribution in [0.4, 0.5) is 0 Å². The second-order valence-electron chi connectivity index (χ2n) is 5.17. The molecule has 2 amide bonds. The van der Waals surface area contributed by atoms with Crippen LogP contribution in [0.25, 0.3) is 0 Å². The van der Waals surface area contributed by atoms with Gasteiger partial charge in [-0.05, 0) is 24.6 Å². The predicted octanol–water partition coefficient (Wildman–Crippen LogP) is 0.327. The SMILES string of the molecule is CC(NC(=O)C1CC(O)CN1C=O)c1ccc(C#N)cc1. The van der Waals surface area contributed by atoms with Crippen molar-refractivity contribution in [2.24, 2.45) is 0 Å². The van der Waals surface area contributed by atoms with E-state index in [1.165, 1.54) is 4.90 Å². The van der Waals surface area contributed by atoms with Gasteiger partial charge < -0.3 is 15.3 Å². The number of amides is 2. The quantitative estimate of drug-likeness (QED) is 0.780. The molecule has 1 heterocycles. The van der Waals surface area contributed by atoms with Crippen molar-refractivity contribution in [1.82, 2.24) is 10.2 Å². The number of β-amino-alcohol motifs (C(OH)–C–C–N with tert-alkyl or cyclic N) is 1. The minimum Gasteiger partial charge on any atom is -0.391 e. The Kier molecular flexibility index (Phi) is 4.55. The lowest BCUT2D eigenvalue weighted by Crippen LogP contribution is -2.43. The van der Waals surface area contributed by atoms with Crippen LogP contribution in [-0.2, 0) is 9.59 Å². The zero-order valence-corrected chi connectivity index (χ0v) is 11.7. The van der Waals surface area contributed by atoms with Crippen LogP contribution in [0.2, 0.25) is 0 Å². The van der Waals surface area contributed by atoms with Crippen molar-refractivity contribution < 1.29 is 14.7 Å². The van der Waals surface area contributed by atoms with Crippen LogP contribution >= 0.6 is 0 Å². The minimum absolute atomic E-state index is 0.187. The number of likely N-dealkylation sites (tertiary alicyclic amines) is 1. The summed E-state index contributed by atoms with van der Waals surface area (Å²) in [5, 5.41) is 21.1. The molecule has 21 heavy (non-hydrogen) atoms. The third kappa shape index (κ3) is 3.38. The zero-order valence-electron chi connectivity index (χ0n) is 11.7. The summed E-state index contributed by atoms with van der Waals surface area (Å²) in [5.41, 5.74) is 1.43. The molecule has 0 aliphatic carbocycles. The van der Waals surface area contributed by atoms with E-state index in [4.69, 9.17) is 5.26 Å². The fourth-order valence-electron chi connectivity index (χ4n) is 2.45. The zero-order chi connectivity index (χ0) is 15.4. The van der Waals surface area contributed by atoms with E-state index in [1.807, 2.05) is 13.0 Å². The highest BCUT2D eigenvalue weighted by atomic mass is 16.3. The summed E-state index contributed by atoms with van der Waals surface area (Å²) in [5.74, 6) is -0.282. The number of nitriles is 1. The Bertz CT molecular complexity index is 565. The maximum absolute atomic E-state index is 12.2. The number of carbonyl (C=O) groups excluding carboxylic acids is 2. The molecule has 1 fully saturated rings. The molecule has 6 nitrogen and oxygen atoms in total. The molecule has 2 rings (SSSR count). The van der Waals surface area contributed by atoms with E-state index in [2.05, 4.69) is 5.32 Å². The van der Waals surface area contributed by atoms with E-state index < -0.39 is 12.1 Å². The molecule has 1 aliphatic heterocycles. The first-order chi connectivity index (χ1) is 10.0. The van der Waals surface area contributed by atoms with Crippen molar-refractivity contribution in [2.75, 3.05) is 6.54 Å². The second kappa shape index (κ2) is 6.37. The van der Waals surface area contributed by atoms with Crippen molar-refractivity contribution in [3.8, 4) is 6.07 Å². The van der Waals surface area contributed by atoms with Crippen LogP contribution in [-0.4, -0.2) is 41.0 Å². The molecule has 2 N–H and O–H groups in total. The van der Waals surface area contributed by atoms with Gasteiger partial charge in [-0.2, -0.15) is 5.26 Å². The second-order valence-corrected chi connectivity index (χ2v) is 5.17. The van der Waals surface area contributed by atoms with Crippen molar-refractivity contribution in [3.05, 3.63) is 35.4 Å². The summed E-state index contributed by atoms with van der Waals surface area (Å²) in [6.07, 6.45) is 0.188. The fourth-order valence-corrected chi connectivity index (χ4v) is 2.45. The molecule has 0 spiro atoms. The molecule has 1 saturated heterocycles. The maximum atomic E-state index is 12.2. The normalized spacial score (nSPS) is 22.4. The number of aliphatic hydroxyl groups excluding tert-OH is 1. The van der Waals surface area contributed by atoms with E-state index in [1.54, 1.807) is 24.3 Å². The van der Waals surface area contributed by atoms with Gasteiger partial charge in [-0.3, -0.25) is 9.59 Å². The highest BCUT2D eigenvalue weighted by Gasteiger charge is 2.35. The summed E-state index contributed by atoms with van der Waals surface area (Å²) in [7, 11) is 0. The number of hydrogen-bond donors (Lipinski definition) is 2. The number of hydrogen-bond acceptors (Lipinski definition) is 4. The summed E-state index contributed by atoms with van der Waals surface area (Å²) in [6.45, 7) is 2.02. The lowest BCUT2D eigenvalue weighted by atomic mass is 10.1. The predicted molar refractivity (Wildman–Crippen MR) is 74.9 cm³/mol. The van der Waals surface area contributed by atoms with Crippen LogP contribution in [0.1, 0.15) is 30.5 Å². The molecule has 1 aliphatic rings. The van der Waals surface area contributed by atoms with Crippen molar-refractivity contribution in [2.45, 2.75) is 31.5 Å². The number of rotatable bonds is 4. The average Bonchev–Trinajstić information content (AvgIpc) is 2.88. The number of benzene rings is 1. The molecule has 3 unspecified atom stereocenters. The molecule has 6 heteroatoms. The standard InChI is InChI=1S/C15H17N3O3/c1-10(12-4-2-11(7-16)3-5-12)17-15(21)14-6-13(20)8-18(14)9-19/h2-5,9-10,13-14,20H,6,8H2,1H3,(H,17,21). The number of aliphatic hydroxyl groups is 1. The van der Waals surface area contributed by atoms with Crippen molar-refractivity contribution >= 4 is 12.3 Å². The average molecular weight is 287 g/mol. The highest BCUT2D eigenvalue weighted by Crippen LogP contribution is 2.18. The molecule has 1 aromatic rings. The lowest BCUT2D eigenvalue weighted by molar-refractivity contribution is -0.131. The molecular formula is C15H17N3O3. The van der Waals surface area contributed by atoms with Crippen LogP contribution in [0, 0.1) is 11.3 Å². The molecule has 110 valence electrons. The summed E-state index contributed by atoms with van der Waals surface area (Å²) >= 11 is 0. The van der Waals surface area contributed by atoms with Crippen molar-refractivity contribution in [3.63, 3.8) is 0 Å². The van der Waals surface area contributed by atoms with Gasteiger partial charge in [-0.15, -0.1) is 0 Å². The first kappa shape index (κ1) is 15.0. The van der Waals surface area contributed by atoms with Gasteiger partial charge in [0.2, 0.25) is 12.3 Å². The Balaban J connectivity index is 2.01. The monoisotopic (exact) mass is 287 g/mol. The first-order valence-electron chi connectivity index (χ1n) is 6.74. The topological polar surface area (TPSA) is 93.4 Å². The third-order valence-electron chi connectivity index (χ3n) is 3.65. The summed E-state index contributed by atoms with van der Waals surface area (Å²) < 4.78 is 0. The van der Waals surface area contributed by atoms with Crippen LogP contribution < -0.4 is 5.32 Å². The van der Waals surface area contributed by atoms with Gasteiger partial charge in [-0.1, -0.05) is 12.1 Å². The Morgan fingerprint density at radius 2 is 2.19 bits per heavy atom. The van der Waals surface area contributed by atoms with E-state index in [-0.39, 0.29) is 24.9 Å². The summed E-state index contributed by atoms with van der Waals surface area (Å²) in [4.78, 5) is 24.4. The number of nitrogens with one attached hydrogen (secondary N) is 1. The van der Waals surface area contributed by atoms with E-state index in [9.17, 15) is 14.7 Å². The molecule has 3 atom stereocenters. The third-order valence-corrected chi connectivity index (χ3v) is 3.65. The van der Waals surface area contributed by atoms with E-state index >= 15 is 0 Å². The van der Waals surface area contributed by atoms with Crippen LogP contribution in [0.5, 0.6) is 0 Å². The van der Waals surface area contributed by atoms with Crippen LogP contribution in [0.3, 0.4) is 0 Å². The largest absolute Gasteiger partial charge is 0.391 e. The van der Waals surface area contributed by atoms with Gasteiger partial charge in [0.05, 0.1) is 23.8 Å². The summed E-state index contributed by atoms with van der Waals surface area (Å²) in [6, 6.07) is 8.11. The Morgan fingerprint density at radius 3 is 2.76 bits per heavy atom. The molecule has 0 aromatic heterocycles. The number of nitrogens with zero attached hydrogens (tertiary/aromatic N) is 2. The first-order valence-corrected chi connectivity index (χ1v) is 6.74. The Hall–Kier alpha value is -2.39. The maximum Gasteiger partial charge on any atom is 0.243 e. The molecular weight excluding hydrogens is 270 g/mol. The van der Waals surface area contributed by atoms with Gasteiger partial charge >= 0.3 is 0 Å². The van der Waals surface area contributed by atoms with E-state index in [0.29, 0.717) is 12.0 Å². The van der Waals surface area contributed by atoms with Gasteiger partial charge in [0.15, 0.2) is 0 Å². The smallest absolute Gasteiger partial charge is 0.243 e. The van der Waals surface area contributed by atoms with Gasteiger partial charge in [0.25, 0.3) is 0 Å². The molecule has 1 aromatic carbocycles. The number of carbonyl (C=O) groups is 2. The lowest BCUT2D eigenvalue weighted by Gasteiger charge is -2.22. The Morgan fingerprint density at radius 1 is 1.52 bits per heavy atom. The van der Waals surface area contributed by atoms with Crippen molar-refractivity contribution in [1.29, 1.82) is 5.26 Å². The molecule has 0 radical (unpaired) electrons. The molecule has 0 saturated carbocycles. The highest BCUT2D eigenvalue weighted by molar-refractivity contribution is 5.84. The minimum atomic E-state index is -0.656. The van der Waals surface area contributed by atoms with E-state index in [0.717, 1.165) is 5.56 Å². The Labute approximate surface area is 123 Å². The van der Waals surface area contributed by atoms with Crippen LogP contribution in [0.15, 0.2) is 24.3 Å².